The van der Waals surface area contributed by atoms with Crippen LogP contribution in [0.2, 0.25) is 0 Å². The number of methoxy groups -OCH3 is 1. The van der Waals surface area contributed by atoms with Crippen molar-refractivity contribution in [3.8, 4) is 5.75 Å². The van der Waals surface area contributed by atoms with Crippen LogP contribution in [0.4, 0.5) is 5.69 Å². The van der Waals surface area contributed by atoms with Crippen LogP contribution in [0, 0.1) is 6.92 Å². The van der Waals surface area contributed by atoms with E-state index in [1.165, 1.54) is 0 Å². The Balaban J connectivity index is 1.21. The maximum absolute atomic E-state index is 12.8. The van der Waals surface area contributed by atoms with Gasteiger partial charge in [-0.25, -0.2) is 0 Å². The average molecular weight is 414 g/mol. The molecule has 1 aromatic heterocycles. The molecule has 2 aliphatic heterocycles. The molecule has 2 aromatic rings. The molecule has 8 heteroatoms. The summed E-state index contributed by atoms with van der Waals surface area (Å²) in [6.45, 7) is 10.1. The van der Waals surface area contributed by atoms with Gasteiger partial charge in [-0.15, -0.1) is 0 Å². The van der Waals surface area contributed by atoms with Crippen LogP contribution in [0.5, 0.6) is 5.75 Å². The van der Waals surface area contributed by atoms with Crippen molar-refractivity contribution in [3.05, 3.63) is 41.8 Å². The summed E-state index contributed by atoms with van der Waals surface area (Å²) in [7, 11) is 1.71. The minimum atomic E-state index is 0.234. The molecule has 1 aromatic carbocycles. The zero-order valence-electron chi connectivity index (χ0n) is 17.9. The molecule has 162 valence electrons. The van der Waals surface area contributed by atoms with E-state index < -0.39 is 0 Å². The highest BCUT2D eigenvalue weighted by Gasteiger charge is 2.25. The normalized spacial score (nSPS) is 18.6. The summed E-state index contributed by atoms with van der Waals surface area (Å²) in [5.41, 5.74) is 2.09. The molecule has 2 aliphatic rings. The molecule has 2 fully saturated rings. The summed E-state index contributed by atoms with van der Waals surface area (Å²) in [5.74, 6) is 1.97. The van der Waals surface area contributed by atoms with Crippen molar-refractivity contribution in [1.82, 2.24) is 19.9 Å². The lowest BCUT2D eigenvalue weighted by atomic mass is 10.2. The number of carbonyl (C=O) groups excluding carboxylic acids is 1. The first-order valence-electron chi connectivity index (χ1n) is 10.6. The lowest BCUT2D eigenvalue weighted by Gasteiger charge is -2.38. The Morgan fingerprint density at radius 1 is 1.03 bits per heavy atom. The van der Waals surface area contributed by atoms with Crippen LogP contribution in [-0.4, -0.2) is 91.8 Å². The molecule has 0 unspecified atom stereocenters. The Morgan fingerprint density at radius 2 is 1.73 bits per heavy atom. The van der Waals surface area contributed by atoms with Crippen LogP contribution in [0.15, 0.2) is 34.9 Å². The molecular formula is C22H31N5O3. The van der Waals surface area contributed by atoms with Gasteiger partial charge in [0.25, 0.3) is 0 Å². The largest absolute Gasteiger partial charge is 0.495 e. The molecule has 2 saturated heterocycles. The molecule has 0 aliphatic carbocycles. The highest BCUT2D eigenvalue weighted by Crippen LogP contribution is 2.28. The van der Waals surface area contributed by atoms with Gasteiger partial charge in [0.1, 0.15) is 11.5 Å². The molecule has 0 atom stereocenters. The quantitative estimate of drug-likeness (QED) is 0.710. The molecule has 8 nitrogen and oxygen atoms in total. The van der Waals surface area contributed by atoms with Gasteiger partial charge in [0, 0.05) is 65.0 Å². The smallest absolute Gasteiger partial charge is 0.236 e. The molecule has 1 amide bonds. The van der Waals surface area contributed by atoms with E-state index in [0.29, 0.717) is 6.54 Å². The van der Waals surface area contributed by atoms with Crippen molar-refractivity contribution in [3.63, 3.8) is 0 Å². The zero-order valence-corrected chi connectivity index (χ0v) is 17.9. The minimum Gasteiger partial charge on any atom is -0.495 e. The van der Waals surface area contributed by atoms with E-state index in [1.807, 2.05) is 36.1 Å². The van der Waals surface area contributed by atoms with E-state index in [1.54, 1.807) is 7.11 Å². The summed E-state index contributed by atoms with van der Waals surface area (Å²) in [5, 5.41) is 4.06. The van der Waals surface area contributed by atoms with Crippen molar-refractivity contribution in [2.45, 2.75) is 13.5 Å². The van der Waals surface area contributed by atoms with Gasteiger partial charge in [0.05, 0.1) is 25.0 Å². The van der Waals surface area contributed by atoms with Crippen LogP contribution in [0.3, 0.4) is 0 Å². The number of rotatable bonds is 6. The van der Waals surface area contributed by atoms with Crippen molar-refractivity contribution >= 4 is 11.6 Å². The molecule has 0 bridgehead atoms. The number of hydrogen-bond acceptors (Lipinski definition) is 7. The number of nitrogens with zero attached hydrogens (tertiary/aromatic N) is 5. The number of amides is 1. The van der Waals surface area contributed by atoms with Gasteiger partial charge in [-0.2, -0.15) is 0 Å². The highest BCUT2D eigenvalue weighted by atomic mass is 16.5. The number of carbonyl (C=O) groups is 1. The molecule has 4 rings (SSSR count). The third kappa shape index (κ3) is 4.94. The summed E-state index contributed by atoms with van der Waals surface area (Å²) in [6, 6.07) is 10.1. The minimum absolute atomic E-state index is 0.234. The highest BCUT2D eigenvalue weighted by molar-refractivity contribution is 5.78. The predicted octanol–water partition coefficient (Wildman–Crippen LogP) is 1.46. The SMILES string of the molecule is COc1ccccc1N1CCN(CC(=O)N2CCN(Cc3cc(C)on3)CC2)CC1. The van der Waals surface area contributed by atoms with Crippen LogP contribution in [0.1, 0.15) is 11.5 Å². The van der Waals surface area contributed by atoms with Crippen LogP contribution < -0.4 is 9.64 Å². The molecular weight excluding hydrogens is 382 g/mol. The summed E-state index contributed by atoms with van der Waals surface area (Å²) < 4.78 is 10.6. The van der Waals surface area contributed by atoms with Crippen molar-refractivity contribution in [1.29, 1.82) is 0 Å². The van der Waals surface area contributed by atoms with Gasteiger partial charge in [-0.05, 0) is 19.1 Å². The van der Waals surface area contributed by atoms with E-state index in [9.17, 15) is 4.79 Å². The van der Waals surface area contributed by atoms with Crippen molar-refractivity contribution in [2.24, 2.45) is 0 Å². The van der Waals surface area contributed by atoms with Gasteiger partial charge in [0.2, 0.25) is 5.91 Å². The number of piperazine rings is 2. The third-order valence-electron chi connectivity index (χ3n) is 5.94. The molecule has 0 radical (unpaired) electrons. The Kier molecular flexibility index (Phi) is 6.54. The third-order valence-corrected chi connectivity index (χ3v) is 5.94. The first kappa shape index (κ1) is 20.7. The Labute approximate surface area is 178 Å². The number of anilines is 1. The van der Waals surface area contributed by atoms with Crippen molar-refractivity contribution in [2.75, 3.05) is 70.9 Å². The number of ether oxygens (including phenoxy) is 1. The number of aryl methyl sites for hydroxylation is 1. The fourth-order valence-corrected chi connectivity index (χ4v) is 4.21. The monoisotopic (exact) mass is 413 g/mol. The van der Waals surface area contributed by atoms with Crippen molar-refractivity contribution < 1.29 is 14.1 Å². The van der Waals surface area contributed by atoms with Crippen LogP contribution in [-0.2, 0) is 11.3 Å². The van der Waals surface area contributed by atoms with E-state index >= 15 is 0 Å². The topological polar surface area (TPSA) is 65.3 Å². The number of benzene rings is 1. The number of para-hydroxylation sites is 2. The molecule has 3 heterocycles. The second-order valence-electron chi connectivity index (χ2n) is 8.02. The average Bonchev–Trinajstić information content (AvgIpc) is 3.19. The van der Waals surface area contributed by atoms with E-state index in [-0.39, 0.29) is 5.91 Å². The Morgan fingerprint density at radius 3 is 2.40 bits per heavy atom. The van der Waals surface area contributed by atoms with Gasteiger partial charge >= 0.3 is 0 Å². The van der Waals surface area contributed by atoms with E-state index in [2.05, 4.69) is 25.9 Å². The standard InChI is InChI=1S/C22H31N5O3/c1-18-15-19(23-30-18)16-24-9-13-27(14-10-24)22(28)17-25-7-11-26(12-8-25)20-5-3-4-6-21(20)29-2/h3-6,15H,7-14,16-17H2,1-2H3. The molecule has 30 heavy (non-hydrogen) atoms. The molecule has 0 saturated carbocycles. The summed E-state index contributed by atoms with van der Waals surface area (Å²) in [6.07, 6.45) is 0. The fraction of sp³-hybridized carbons (Fsp3) is 0.545. The molecule has 0 spiro atoms. The van der Waals surface area contributed by atoms with Crippen LogP contribution >= 0.6 is 0 Å². The first-order chi connectivity index (χ1) is 14.6. The van der Waals surface area contributed by atoms with Gasteiger partial charge < -0.3 is 19.1 Å². The second-order valence-corrected chi connectivity index (χ2v) is 8.02. The van der Waals surface area contributed by atoms with Crippen LogP contribution in [0.25, 0.3) is 0 Å². The van der Waals surface area contributed by atoms with Gasteiger partial charge in [0.15, 0.2) is 0 Å². The van der Waals surface area contributed by atoms with Gasteiger partial charge in [-0.1, -0.05) is 17.3 Å². The fourth-order valence-electron chi connectivity index (χ4n) is 4.21. The number of aromatic nitrogens is 1. The second kappa shape index (κ2) is 9.49. The first-order valence-corrected chi connectivity index (χ1v) is 10.6. The summed E-state index contributed by atoms with van der Waals surface area (Å²) in [4.78, 5) is 21.7. The van der Waals surface area contributed by atoms with Gasteiger partial charge in [-0.3, -0.25) is 14.6 Å². The lowest BCUT2D eigenvalue weighted by Crippen LogP contribution is -2.53. The van der Waals surface area contributed by atoms with E-state index in [0.717, 1.165) is 81.8 Å². The van der Waals surface area contributed by atoms with E-state index in [4.69, 9.17) is 9.26 Å². The molecule has 0 N–H and O–H groups in total. The Hall–Kier alpha value is -2.58. The lowest BCUT2D eigenvalue weighted by molar-refractivity contribution is -0.134. The maximum Gasteiger partial charge on any atom is 0.236 e. The number of hydrogen-bond donors (Lipinski definition) is 0. The zero-order chi connectivity index (χ0) is 20.9. The predicted molar refractivity (Wildman–Crippen MR) is 115 cm³/mol. The Bertz CT molecular complexity index is 839. The maximum atomic E-state index is 12.8. The summed E-state index contributed by atoms with van der Waals surface area (Å²) >= 11 is 0.